The quantitative estimate of drug-likeness (QED) is 0.846. The van der Waals surface area contributed by atoms with Crippen molar-refractivity contribution in [2.45, 2.75) is 13.3 Å². The third kappa shape index (κ3) is 4.13. The number of carbonyl (C=O) groups is 2. The van der Waals surface area contributed by atoms with Crippen LogP contribution in [0.15, 0.2) is 24.3 Å². The maximum atomic E-state index is 12.3. The first kappa shape index (κ1) is 16.1. The maximum absolute atomic E-state index is 12.3. The van der Waals surface area contributed by atoms with Crippen molar-refractivity contribution in [3.05, 3.63) is 29.8 Å². The molecule has 120 valence electrons. The van der Waals surface area contributed by atoms with E-state index in [9.17, 15) is 9.59 Å². The van der Waals surface area contributed by atoms with Crippen LogP contribution in [0.4, 0.5) is 4.79 Å². The van der Waals surface area contributed by atoms with Crippen LogP contribution in [0, 0.1) is 0 Å². The molecule has 2 rings (SSSR count). The summed E-state index contributed by atoms with van der Waals surface area (Å²) in [4.78, 5) is 27.4. The van der Waals surface area contributed by atoms with Crippen LogP contribution >= 0.6 is 0 Å². The summed E-state index contributed by atoms with van der Waals surface area (Å²) in [6.45, 7) is 4.27. The summed E-state index contributed by atoms with van der Waals surface area (Å²) in [6.07, 6.45) is 0.0405. The molecule has 1 heterocycles. The summed E-state index contributed by atoms with van der Waals surface area (Å²) in [5, 5.41) is 0. The van der Waals surface area contributed by atoms with Gasteiger partial charge in [-0.1, -0.05) is 12.1 Å². The summed E-state index contributed by atoms with van der Waals surface area (Å²) in [5.41, 5.74) is 0.928. The summed E-state index contributed by atoms with van der Waals surface area (Å²) in [6, 6.07) is 7.51. The Bertz CT molecular complexity index is 525. The van der Waals surface area contributed by atoms with Crippen molar-refractivity contribution >= 4 is 12.0 Å². The molecule has 6 heteroatoms. The topological polar surface area (TPSA) is 59.1 Å². The number of carbonyl (C=O) groups excluding carboxylic acids is 2. The van der Waals surface area contributed by atoms with Gasteiger partial charge < -0.3 is 19.3 Å². The minimum Gasteiger partial charge on any atom is -0.497 e. The highest BCUT2D eigenvalue weighted by atomic mass is 16.6. The van der Waals surface area contributed by atoms with E-state index < -0.39 is 0 Å². The number of hydrogen-bond donors (Lipinski definition) is 0. The van der Waals surface area contributed by atoms with E-state index in [-0.39, 0.29) is 12.0 Å². The summed E-state index contributed by atoms with van der Waals surface area (Å²) in [7, 11) is 1.61. The lowest BCUT2D eigenvalue weighted by Crippen LogP contribution is -2.51. The van der Waals surface area contributed by atoms with E-state index in [1.807, 2.05) is 24.3 Å². The van der Waals surface area contributed by atoms with Crippen molar-refractivity contribution in [3.63, 3.8) is 0 Å². The van der Waals surface area contributed by atoms with Gasteiger partial charge in [0.05, 0.1) is 20.1 Å². The number of piperazine rings is 1. The van der Waals surface area contributed by atoms with E-state index in [0.717, 1.165) is 11.3 Å². The van der Waals surface area contributed by atoms with Gasteiger partial charge in [-0.2, -0.15) is 0 Å². The van der Waals surface area contributed by atoms with Crippen molar-refractivity contribution < 1.29 is 19.1 Å². The Kier molecular flexibility index (Phi) is 5.63. The lowest BCUT2D eigenvalue weighted by molar-refractivity contribution is -0.132. The molecule has 0 aromatic heterocycles. The van der Waals surface area contributed by atoms with Crippen molar-refractivity contribution in [2.75, 3.05) is 39.9 Å². The SMILES string of the molecule is CCOC(=O)N1CCN(C(=O)Cc2cccc(OC)c2)CC1. The number of methoxy groups -OCH3 is 1. The van der Waals surface area contributed by atoms with Gasteiger partial charge in [-0.3, -0.25) is 4.79 Å². The molecule has 6 nitrogen and oxygen atoms in total. The van der Waals surface area contributed by atoms with Crippen molar-refractivity contribution in [3.8, 4) is 5.75 Å². The second kappa shape index (κ2) is 7.68. The van der Waals surface area contributed by atoms with Gasteiger partial charge in [0.1, 0.15) is 5.75 Å². The second-order valence-corrected chi connectivity index (χ2v) is 5.10. The highest BCUT2D eigenvalue weighted by molar-refractivity contribution is 5.79. The predicted octanol–water partition coefficient (Wildman–Crippen LogP) is 1.54. The molecule has 1 fully saturated rings. The predicted molar refractivity (Wildman–Crippen MR) is 81.9 cm³/mol. The smallest absolute Gasteiger partial charge is 0.409 e. The number of benzene rings is 1. The third-order valence-corrected chi connectivity index (χ3v) is 3.65. The molecule has 1 aliphatic heterocycles. The van der Waals surface area contributed by atoms with Gasteiger partial charge in [0, 0.05) is 26.2 Å². The molecule has 0 radical (unpaired) electrons. The first-order chi connectivity index (χ1) is 10.6. The molecular weight excluding hydrogens is 284 g/mol. The zero-order chi connectivity index (χ0) is 15.9. The average molecular weight is 306 g/mol. The first-order valence-electron chi connectivity index (χ1n) is 7.46. The highest BCUT2D eigenvalue weighted by Crippen LogP contribution is 2.14. The van der Waals surface area contributed by atoms with Crippen LogP contribution in [0.25, 0.3) is 0 Å². The molecule has 0 bridgehead atoms. The van der Waals surface area contributed by atoms with Gasteiger partial charge in [0.25, 0.3) is 0 Å². The second-order valence-electron chi connectivity index (χ2n) is 5.10. The number of hydrogen-bond acceptors (Lipinski definition) is 4. The zero-order valence-corrected chi connectivity index (χ0v) is 13.1. The monoisotopic (exact) mass is 306 g/mol. The van der Waals surface area contributed by atoms with Crippen LogP contribution in [-0.4, -0.2) is 61.7 Å². The zero-order valence-electron chi connectivity index (χ0n) is 13.1. The summed E-state index contributed by atoms with van der Waals surface area (Å²) >= 11 is 0. The van der Waals surface area contributed by atoms with Gasteiger partial charge in [0.15, 0.2) is 0 Å². The highest BCUT2D eigenvalue weighted by Gasteiger charge is 2.24. The maximum Gasteiger partial charge on any atom is 0.409 e. The van der Waals surface area contributed by atoms with E-state index in [2.05, 4.69) is 0 Å². The molecule has 1 aromatic carbocycles. The summed E-state index contributed by atoms with van der Waals surface area (Å²) in [5.74, 6) is 0.814. The number of amides is 2. The summed E-state index contributed by atoms with van der Waals surface area (Å²) < 4.78 is 10.1. The largest absolute Gasteiger partial charge is 0.497 e. The minimum atomic E-state index is -0.303. The molecule has 0 atom stereocenters. The van der Waals surface area contributed by atoms with Crippen LogP contribution in [0.5, 0.6) is 5.75 Å². The van der Waals surface area contributed by atoms with Gasteiger partial charge >= 0.3 is 6.09 Å². The average Bonchev–Trinajstić information content (AvgIpc) is 2.55. The van der Waals surface area contributed by atoms with Crippen LogP contribution in [-0.2, 0) is 16.0 Å². The molecule has 0 N–H and O–H groups in total. The van der Waals surface area contributed by atoms with E-state index >= 15 is 0 Å². The minimum absolute atomic E-state index is 0.0664. The number of nitrogens with zero attached hydrogens (tertiary/aromatic N) is 2. The lowest BCUT2D eigenvalue weighted by Gasteiger charge is -2.34. The van der Waals surface area contributed by atoms with Gasteiger partial charge in [-0.05, 0) is 24.6 Å². The fourth-order valence-corrected chi connectivity index (χ4v) is 2.42. The molecule has 0 saturated carbocycles. The van der Waals surface area contributed by atoms with Crippen LogP contribution in [0.2, 0.25) is 0 Å². The van der Waals surface area contributed by atoms with Crippen LogP contribution in [0.1, 0.15) is 12.5 Å². The van der Waals surface area contributed by atoms with Crippen LogP contribution in [0.3, 0.4) is 0 Å². The van der Waals surface area contributed by atoms with Crippen molar-refractivity contribution in [1.82, 2.24) is 9.80 Å². The molecule has 0 unspecified atom stereocenters. The van der Waals surface area contributed by atoms with E-state index in [4.69, 9.17) is 9.47 Å². The van der Waals surface area contributed by atoms with Gasteiger partial charge in [-0.15, -0.1) is 0 Å². The molecular formula is C16H22N2O4. The Morgan fingerprint density at radius 3 is 2.45 bits per heavy atom. The Balaban J connectivity index is 1.85. The van der Waals surface area contributed by atoms with E-state index in [1.165, 1.54) is 0 Å². The Labute approximate surface area is 130 Å². The third-order valence-electron chi connectivity index (χ3n) is 3.65. The molecule has 1 aromatic rings. The number of rotatable bonds is 4. The fraction of sp³-hybridized carbons (Fsp3) is 0.500. The van der Waals surface area contributed by atoms with Crippen molar-refractivity contribution in [2.24, 2.45) is 0 Å². The first-order valence-corrected chi connectivity index (χ1v) is 7.46. The molecule has 2 amide bonds. The molecule has 1 saturated heterocycles. The van der Waals surface area contributed by atoms with Gasteiger partial charge in [-0.25, -0.2) is 4.79 Å². The van der Waals surface area contributed by atoms with E-state index in [0.29, 0.717) is 39.2 Å². The van der Waals surface area contributed by atoms with E-state index in [1.54, 1.807) is 23.8 Å². The molecule has 0 spiro atoms. The van der Waals surface area contributed by atoms with Crippen molar-refractivity contribution in [1.29, 1.82) is 0 Å². The fourth-order valence-electron chi connectivity index (χ4n) is 2.42. The normalized spacial score (nSPS) is 14.6. The molecule has 22 heavy (non-hydrogen) atoms. The van der Waals surface area contributed by atoms with Gasteiger partial charge in [0.2, 0.25) is 5.91 Å². The number of ether oxygens (including phenoxy) is 2. The molecule has 0 aliphatic carbocycles. The lowest BCUT2D eigenvalue weighted by atomic mass is 10.1. The Hall–Kier alpha value is -2.24. The molecule has 1 aliphatic rings. The standard InChI is InChI=1S/C16H22N2O4/c1-3-22-16(20)18-9-7-17(8-10-18)15(19)12-13-5-4-6-14(11-13)21-2/h4-6,11H,3,7-10,12H2,1-2H3. The Morgan fingerprint density at radius 2 is 1.82 bits per heavy atom. The Morgan fingerprint density at radius 1 is 1.14 bits per heavy atom. The van der Waals surface area contributed by atoms with Crippen LogP contribution < -0.4 is 4.74 Å².